The van der Waals surface area contributed by atoms with E-state index in [1.807, 2.05) is 85.1 Å². The number of hydrogen-bond acceptors (Lipinski definition) is 2. The van der Waals surface area contributed by atoms with Crippen LogP contribution < -0.4 is 0 Å². The standard InChI is InChI=1S/C24H18BrNO/c25-20-13-10-17(11-14-20)16-26-24(19-7-2-1-3-8-19)23-21-9-5-4-6-18(21)12-15-22(23)27/h1-16,24,27H. The van der Waals surface area contributed by atoms with E-state index in [0.717, 1.165) is 31.9 Å². The van der Waals surface area contributed by atoms with E-state index in [1.165, 1.54) is 0 Å². The fraction of sp³-hybridized carbons (Fsp3) is 0.0417. The summed E-state index contributed by atoms with van der Waals surface area (Å²) < 4.78 is 1.03. The third-order valence-electron chi connectivity index (χ3n) is 4.58. The lowest BCUT2D eigenvalue weighted by molar-refractivity contribution is 0.467. The zero-order valence-electron chi connectivity index (χ0n) is 14.6. The highest BCUT2D eigenvalue weighted by Crippen LogP contribution is 2.38. The molecule has 1 unspecified atom stereocenters. The van der Waals surface area contributed by atoms with E-state index in [0.29, 0.717) is 0 Å². The molecule has 0 spiro atoms. The van der Waals surface area contributed by atoms with Gasteiger partial charge in [-0.3, -0.25) is 4.99 Å². The summed E-state index contributed by atoms with van der Waals surface area (Å²) in [7, 11) is 0. The molecule has 0 aromatic heterocycles. The normalized spacial score (nSPS) is 12.5. The van der Waals surface area contributed by atoms with Crippen molar-refractivity contribution < 1.29 is 5.11 Å². The Morgan fingerprint density at radius 2 is 1.48 bits per heavy atom. The van der Waals surface area contributed by atoms with Gasteiger partial charge in [0.25, 0.3) is 0 Å². The summed E-state index contributed by atoms with van der Waals surface area (Å²) in [5.41, 5.74) is 2.88. The first kappa shape index (κ1) is 17.5. The van der Waals surface area contributed by atoms with Crippen molar-refractivity contribution in [2.24, 2.45) is 4.99 Å². The lowest BCUT2D eigenvalue weighted by Crippen LogP contribution is -2.01. The van der Waals surface area contributed by atoms with Crippen LogP contribution in [0.3, 0.4) is 0 Å². The first-order valence-electron chi connectivity index (χ1n) is 8.77. The Hall–Kier alpha value is -2.91. The van der Waals surface area contributed by atoms with Crippen molar-refractivity contribution in [1.82, 2.24) is 0 Å². The summed E-state index contributed by atoms with van der Waals surface area (Å²) in [6.07, 6.45) is 1.87. The Bertz CT molecular complexity index is 1090. The van der Waals surface area contributed by atoms with E-state index in [9.17, 15) is 5.11 Å². The number of rotatable bonds is 4. The Morgan fingerprint density at radius 1 is 0.778 bits per heavy atom. The minimum Gasteiger partial charge on any atom is -0.508 e. The summed E-state index contributed by atoms with van der Waals surface area (Å²) in [5, 5.41) is 12.8. The number of nitrogens with zero attached hydrogens (tertiary/aromatic N) is 1. The number of phenols is 1. The van der Waals surface area contributed by atoms with Gasteiger partial charge in [-0.05, 0) is 40.1 Å². The van der Waals surface area contributed by atoms with Crippen molar-refractivity contribution >= 4 is 32.9 Å². The van der Waals surface area contributed by atoms with E-state index in [4.69, 9.17) is 4.99 Å². The predicted octanol–water partition coefficient (Wildman–Crippen LogP) is 6.52. The van der Waals surface area contributed by atoms with Crippen LogP contribution in [0.15, 0.2) is 100 Å². The molecule has 0 saturated heterocycles. The molecule has 0 radical (unpaired) electrons. The molecular formula is C24H18BrNO. The van der Waals surface area contributed by atoms with Crippen molar-refractivity contribution in [2.75, 3.05) is 0 Å². The molecule has 4 rings (SSSR count). The maximum absolute atomic E-state index is 10.7. The van der Waals surface area contributed by atoms with Gasteiger partial charge in [0.15, 0.2) is 0 Å². The molecule has 4 aromatic rings. The lowest BCUT2D eigenvalue weighted by Gasteiger charge is -2.17. The second-order valence-corrected chi connectivity index (χ2v) is 7.28. The van der Waals surface area contributed by atoms with E-state index in [2.05, 4.69) is 22.0 Å². The topological polar surface area (TPSA) is 32.6 Å². The first-order valence-corrected chi connectivity index (χ1v) is 9.56. The molecule has 0 amide bonds. The van der Waals surface area contributed by atoms with Gasteiger partial charge in [-0.25, -0.2) is 0 Å². The van der Waals surface area contributed by atoms with E-state index in [1.54, 1.807) is 6.07 Å². The number of benzene rings is 4. The van der Waals surface area contributed by atoms with E-state index in [-0.39, 0.29) is 11.8 Å². The average Bonchev–Trinajstić information content (AvgIpc) is 2.71. The molecule has 0 aliphatic carbocycles. The van der Waals surface area contributed by atoms with Gasteiger partial charge in [-0.15, -0.1) is 0 Å². The fourth-order valence-electron chi connectivity index (χ4n) is 3.24. The minimum absolute atomic E-state index is 0.260. The fourth-order valence-corrected chi connectivity index (χ4v) is 3.51. The smallest absolute Gasteiger partial charge is 0.121 e. The zero-order chi connectivity index (χ0) is 18.6. The number of phenolic OH excluding ortho intramolecular Hbond substituents is 1. The molecule has 27 heavy (non-hydrogen) atoms. The van der Waals surface area contributed by atoms with Crippen LogP contribution in [0.1, 0.15) is 22.7 Å². The predicted molar refractivity (Wildman–Crippen MR) is 116 cm³/mol. The summed E-state index contributed by atoms with van der Waals surface area (Å²) in [6, 6.07) is 29.6. The largest absolute Gasteiger partial charge is 0.508 e. The number of fused-ring (bicyclic) bond motifs is 1. The third kappa shape index (κ3) is 3.79. The van der Waals surface area contributed by atoms with Gasteiger partial charge in [-0.1, -0.05) is 88.7 Å². The molecule has 0 fully saturated rings. The molecule has 0 aliphatic heterocycles. The molecular weight excluding hydrogens is 398 g/mol. The highest BCUT2D eigenvalue weighted by atomic mass is 79.9. The Labute approximate surface area is 167 Å². The van der Waals surface area contributed by atoms with Crippen LogP contribution in [0.4, 0.5) is 0 Å². The van der Waals surface area contributed by atoms with Crippen molar-refractivity contribution in [2.45, 2.75) is 6.04 Å². The van der Waals surface area contributed by atoms with E-state index >= 15 is 0 Å². The van der Waals surface area contributed by atoms with Crippen LogP contribution in [0.5, 0.6) is 5.75 Å². The Kier molecular flexibility index (Phi) is 5.03. The second kappa shape index (κ2) is 7.77. The third-order valence-corrected chi connectivity index (χ3v) is 5.11. The quantitative estimate of drug-likeness (QED) is 0.378. The molecule has 1 atom stereocenters. The van der Waals surface area contributed by atoms with E-state index < -0.39 is 0 Å². The van der Waals surface area contributed by atoms with Crippen LogP contribution in [-0.2, 0) is 0 Å². The van der Waals surface area contributed by atoms with Gasteiger partial charge >= 0.3 is 0 Å². The molecule has 4 aromatic carbocycles. The average molecular weight is 416 g/mol. The van der Waals surface area contributed by atoms with Gasteiger partial charge in [0.2, 0.25) is 0 Å². The van der Waals surface area contributed by atoms with Crippen LogP contribution >= 0.6 is 15.9 Å². The zero-order valence-corrected chi connectivity index (χ0v) is 16.2. The summed E-state index contributed by atoms with van der Waals surface area (Å²) in [5.74, 6) is 0.260. The second-order valence-electron chi connectivity index (χ2n) is 6.36. The van der Waals surface area contributed by atoms with Gasteiger partial charge in [0, 0.05) is 16.3 Å². The number of halogens is 1. The molecule has 3 heteroatoms. The number of hydrogen-bond donors (Lipinski definition) is 1. The SMILES string of the molecule is Oc1ccc2ccccc2c1C(N=Cc1ccc(Br)cc1)c1ccccc1. The van der Waals surface area contributed by atoms with Gasteiger partial charge in [0.1, 0.15) is 11.8 Å². The molecule has 2 nitrogen and oxygen atoms in total. The molecule has 0 heterocycles. The Balaban J connectivity index is 1.87. The molecule has 0 saturated carbocycles. The Morgan fingerprint density at radius 3 is 2.26 bits per heavy atom. The summed E-state index contributed by atoms with van der Waals surface area (Å²) >= 11 is 3.46. The van der Waals surface area contributed by atoms with Crippen LogP contribution in [0.2, 0.25) is 0 Å². The summed E-state index contributed by atoms with van der Waals surface area (Å²) in [6.45, 7) is 0. The van der Waals surface area contributed by atoms with Crippen LogP contribution in [-0.4, -0.2) is 11.3 Å². The number of aromatic hydroxyl groups is 1. The maximum Gasteiger partial charge on any atom is 0.121 e. The van der Waals surface area contributed by atoms with Crippen molar-refractivity contribution in [1.29, 1.82) is 0 Å². The van der Waals surface area contributed by atoms with Crippen molar-refractivity contribution in [3.63, 3.8) is 0 Å². The first-order chi connectivity index (χ1) is 13.2. The molecule has 0 bridgehead atoms. The molecule has 1 N–H and O–H groups in total. The molecule has 132 valence electrons. The highest BCUT2D eigenvalue weighted by molar-refractivity contribution is 9.10. The van der Waals surface area contributed by atoms with Crippen molar-refractivity contribution in [3.05, 3.63) is 112 Å². The van der Waals surface area contributed by atoms with Crippen LogP contribution in [0, 0.1) is 0 Å². The minimum atomic E-state index is -0.291. The lowest BCUT2D eigenvalue weighted by atomic mass is 9.93. The van der Waals surface area contributed by atoms with Crippen LogP contribution in [0.25, 0.3) is 10.8 Å². The van der Waals surface area contributed by atoms with Crippen molar-refractivity contribution in [3.8, 4) is 5.75 Å². The number of aliphatic imine (C=N–C) groups is 1. The van der Waals surface area contributed by atoms with Gasteiger partial charge in [-0.2, -0.15) is 0 Å². The maximum atomic E-state index is 10.7. The summed E-state index contributed by atoms with van der Waals surface area (Å²) in [4.78, 5) is 4.87. The highest BCUT2D eigenvalue weighted by Gasteiger charge is 2.19. The monoisotopic (exact) mass is 415 g/mol. The molecule has 0 aliphatic rings. The van der Waals surface area contributed by atoms with Gasteiger partial charge < -0.3 is 5.11 Å². The van der Waals surface area contributed by atoms with Gasteiger partial charge in [0.05, 0.1) is 0 Å².